The van der Waals surface area contributed by atoms with Gasteiger partial charge in [-0.1, -0.05) is 0 Å². The summed E-state index contributed by atoms with van der Waals surface area (Å²) in [4.78, 5) is 4.45. The summed E-state index contributed by atoms with van der Waals surface area (Å²) in [6, 6.07) is 4.67. The second-order valence-electron chi connectivity index (χ2n) is 5.53. The number of hydrogen-bond acceptors (Lipinski definition) is 5. The Kier molecular flexibility index (Phi) is 3.16. The number of benzene rings is 1. The van der Waals surface area contributed by atoms with Crippen LogP contribution >= 0.6 is 0 Å². The van der Waals surface area contributed by atoms with E-state index in [1.807, 2.05) is 0 Å². The van der Waals surface area contributed by atoms with Crippen molar-refractivity contribution in [2.45, 2.75) is 36.7 Å². The fourth-order valence-corrected chi connectivity index (χ4v) is 4.27. The van der Waals surface area contributed by atoms with E-state index in [0.717, 1.165) is 37.1 Å². The molecule has 1 aromatic heterocycles. The molecule has 2 aliphatic rings. The van der Waals surface area contributed by atoms with Gasteiger partial charge in [0.1, 0.15) is 17.9 Å². The number of hydrogen-bond donors (Lipinski definition) is 1. The highest BCUT2D eigenvalue weighted by atomic mass is 32.2. The summed E-state index contributed by atoms with van der Waals surface area (Å²) in [5.41, 5.74) is 0.940. The second kappa shape index (κ2) is 5.06. The molecule has 7 nitrogen and oxygen atoms in total. The van der Waals surface area contributed by atoms with Crippen molar-refractivity contribution in [2.75, 3.05) is 6.61 Å². The summed E-state index contributed by atoms with van der Waals surface area (Å²) in [7, 11) is -3.59. The van der Waals surface area contributed by atoms with E-state index in [1.165, 1.54) is 6.33 Å². The number of rotatable bonds is 3. The minimum atomic E-state index is -3.59. The fraction of sp³-hybridized carbons (Fsp3) is 0.429. The van der Waals surface area contributed by atoms with Gasteiger partial charge in [0.2, 0.25) is 10.0 Å². The van der Waals surface area contributed by atoms with Crippen LogP contribution in [0.2, 0.25) is 0 Å². The number of aromatic nitrogens is 3. The molecular formula is C14H16N4O3S. The summed E-state index contributed by atoms with van der Waals surface area (Å²) >= 11 is 0. The van der Waals surface area contributed by atoms with Crippen molar-refractivity contribution in [3.63, 3.8) is 0 Å². The molecule has 0 amide bonds. The lowest BCUT2D eigenvalue weighted by molar-refractivity contribution is 0.356. The molecule has 8 heteroatoms. The first kappa shape index (κ1) is 13.7. The summed E-state index contributed by atoms with van der Waals surface area (Å²) in [5.74, 6) is 1.45. The van der Waals surface area contributed by atoms with Gasteiger partial charge in [-0.05, 0) is 36.6 Å². The molecule has 1 aromatic carbocycles. The molecule has 0 saturated heterocycles. The normalized spacial score (nSPS) is 20.3. The van der Waals surface area contributed by atoms with Crippen molar-refractivity contribution in [2.24, 2.45) is 0 Å². The second-order valence-corrected chi connectivity index (χ2v) is 7.24. The van der Waals surface area contributed by atoms with Gasteiger partial charge in [0.05, 0.1) is 17.5 Å². The topological polar surface area (TPSA) is 86.1 Å². The monoisotopic (exact) mass is 320 g/mol. The van der Waals surface area contributed by atoms with Crippen molar-refractivity contribution in [1.82, 2.24) is 19.5 Å². The maximum atomic E-state index is 12.6. The maximum Gasteiger partial charge on any atom is 0.241 e. The third-order valence-electron chi connectivity index (χ3n) is 4.09. The van der Waals surface area contributed by atoms with Gasteiger partial charge in [-0.25, -0.2) is 22.8 Å². The van der Waals surface area contributed by atoms with Crippen molar-refractivity contribution in [3.8, 4) is 5.75 Å². The molecule has 2 aromatic rings. The zero-order chi connectivity index (χ0) is 15.2. The quantitative estimate of drug-likeness (QED) is 0.913. The Hall–Kier alpha value is -1.93. The zero-order valence-corrected chi connectivity index (χ0v) is 12.7. The van der Waals surface area contributed by atoms with Crippen LogP contribution in [-0.4, -0.2) is 29.8 Å². The van der Waals surface area contributed by atoms with Gasteiger partial charge in [-0.15, -0.1) is 0 Å². The minimum Gasteiger partial charge on any atom is -0.493 e. The van der Waals surface area contributed by atoms with Crippen LogP contribution in [0.25, 0.3) is 0 Å². The summed E-state index contributed by atoms with van der Waals surface area (Å²) in [5, 5.41) is 4.11. The van der Waals surface area contributed by atoms with Crippen LogP contribution in [0.5, 0.6) is 5.75 Å². The first-order chi connectivity index (χ1) is 10.6. The lowest BCUT2D eigenvalue weighted by Crippen LogP contribution is -2.33. The number of sulfonamides is 1. The molecule has 0 bridgehead atoms. The van der Waals surface area contributed by atoms with Gasteiger partial charge < -0.3 is 4.74 Å². The summed E-state index contributed by atoms with van der Waals surface area (Å²) in [6.45, 7) is 1.39. The number of aryl methyl sites for hydroxylation is 1. The van der Waals surface area contributed by atoms with Crippen molar-refractivity contribution in [3.05, 3.63) is 35.9 Å². The van der Waals surface area contributed by atoms with Crippen molar-refractivity contribution in [1.29, 1.82) is 0 Å². The third kappa shape index (κ3) is 2.28. The van der Waals surface area contributed by atoms with E-state index in [-0.39, 0.29) is 10.9 Å². The first-order valence-corrected chi connectivity index (χ1v) is 8.77. The largest absolute Gasteiger partial charge is 0.493 e. The van der Waals surface area contributed by atoms with Crippen LogP contribution < -0.4 is 9.46 Å². The van der Waals surface area contributed by atoms with Crippen LogP contribution in [0.3, 0.4) is 0 Å². The number of nitrogens with zero attached hydrogens (tertiary/aromatic N) is 3. The third-order valence-corrected chi connectivity index (χ3v) is 5.56. The van der Waals surface area contributed by atoms with Crippen molar-refractivity contribution >= 4 is 10.0 Å². The minimum absolute atomic E-state index is 0.272. The molecule has 0 spiro atoms. The Morgan fingerprint density at radius 1 is 1.36 bits per heavy atom. The molecular weight excluding hydrogens is 304 g/mol. The smallest absolute Gasteiger partial charge is 0.241 e. The van der Waals surface area contributed by atoms with E-state index >= 15 is 0 Å². The van der Waals surface area contributed by atoms with Gasteiger partial charge in [0.25, 0.3) is 0 Å². The Bertz CT molecular complexity index is 815. The van der Waals surface area contributed by atoms with Crippen molar-refractivity contribution < 1.29 is 13.2 Å². The van der Waals surface area contributed by atoms with Crippen LogP contribution in [-0.2, 0) is 23.0 Å². The zero-order valence-electron chi connectivity index (χ0n) is 11.9. The predicted molar refractivity (Wildman–Crippen MR) is 78.0 cm³/mol. The molecule has 0 radical (unpaired) electrons. The van der Waals surface area contributed by atoms with Crippen LogP contribution in [0, 0.1) is 0 Å². The molecule has 0 saturated carbocycles. The summed E-state index contributed by atoms with van der Waals surface area (Å²) in [6.07, 6.45) is 3.82. The molecule has 0 unspecified atom stereocenters. The van der Waals surface area contributed by atoms with Gasteiger partial charge in [0, 0.05) is 13.0 Å². The molecule has 0 fully saturated rings. The Morgan fingerprint density at radius 2 is 2.27 bits per heavy atom. The Morgan fingerprint density at radius 3 is 3.18 bits per heavy atom. The average molecular weight is 320 g/mol. The molecule has 0 aliphatic carbocycles. The molecule has 2 aliphatic heterocycles. The van der Waals surface area contributed by atoms with E-state index in [2.05, 4.69) is 14.8 Å². The van der Waals surface area contributed by atoms with Gasteiger partial charge in [-0.2, -0.15) is 5.10 Å². The molecule has 22 heavy (non-hydrogen) atoms. The number of fused-ring (bicyclic) bond motifs is 2. The Balaban J connectivity index is 1.63. The average Bonchev–Trinajstić information content (AvgIpc) is 3.15. The first-order valence-electron chi connectivity index (χ1n) is 7.29. The van der Waals surface area contributed by atoms with E-state index in [9.17, 15) is 8.42 Å². The van der Waals surface area contributed by atoms with Crippen LogP contribution in [0.4, 0.5) is 0 Å². The molecule has 1 N–H and O–H groups in total. The molecule has 4 rings (SSSR count). The fourth-order valence-electron chi connectivity index (χ4n) is 2.99. The summed E-state index contributed by atoms with van der Waals surface area (Å²) < 4.78 is 35.2. The van der Waals surface area contributed by atoms with Gasteiger partial charge >= 0.3 is 0 Å². The van der Waals surface area contributed by atoms with Crippen LogP contribution in [0.1, 0.15) is 30.3 Å². The van der Waals surface area contributed by atoms with Crippen LogP contribution in [0.15, 0.2) is 29.4 Å². The molecule has 116 valence electrons. The van der Waals surface area contributed by atoms with E-state index in [4.69, 9.17) is 4.74 Å². The SMILES string of the molecule is O=S(=O)(N[C@H]1CCCn2ncnc21)c1ccc2c(c1)CCO2. The van der Waals surface area contributed by atoms with E-state index in [0.29, 0.717) is 12.4 Å². The van der Waals surface area contributed by atoms with Gasteiger partial charge in [0.15, 0.2) is 0 Å². The Labute approximate surface area is 128 Å². The predicted octanol–water partition coefficient (Wildman–Crippen LogP) is 1.03. The highest BCUT2D eigenvalue weighted by molar-refractivity contribution is 7.89. The number of ether oxygens (including phenoxy) is 1. The molecule has 3 heterocycles. The number of nitrogens with one attached hydrogen (secondary N) is 1. The standard InChI is InChI=1S/C14H16N4O3S/c19-22(20,11-3-4-13-10(8-11)5-7-21-13)17-12-2-1-6-18-14(12)15-9-16-18/h3-4,8-9,12,17H,1-2,5-7H2/t12-/m0/s1. The van der Waals surface area contributed by atoms with Gasteiger partial charge in [-0.3, -0.25) is 0 Å². The van der Waals surface area contributed by atoms with E-state index in [1.54, 1.807) is 22.9 Å². The highest BCUT2D eigenvalue weighted by Gasteiger charge is 2.28. The maximum absolute atomic E-state index is 12.6. The molecule has 1 atom stereocenters. The lowest BCUT2D eigenvalue weighted by Gasteiger charge is -2.23. The lowest BCUT2D eigenvalue weighted by atomic mass is 10.1. The van der Waals surface area contributed by atoms with E-state index < -0.39 is 10.0 Å². The highest BCUT2D eigenvalue weighted by Crippen LogP contribution is 2.29.